The fourth-order valence-electron chi connectivity index (χ4n) is 7.77. The van der Waals surface area contributed by atoms with Crippen LogP contribution >= 0.6 is 22.6 Å². The van der Waals surface area contributed by atoms with E-state index in [1.807, 2.05) is 51.8 Å². The maximum atomic E-state index is 6.17. The number of ether oxygens (including phenoxy) is 4. The van der Waals surface area contributed by atoms with Gasteiger partial charge in [-0.15, -0.1) is 0 Å². The molecule has 0 fully saturated rings. The summed E-state index contributed by atoms with van der Waals surface area (Å²) >= 11 is 2.36. The highest BCUT2D eigenvalue weighted by atomic mass is 127. The van der Waals surface area contributed by atoms with E-state index in [9.17, 15) is 0 Å². The maximum Gasteiger partial charge on any atom is 0.164 e. The lowest BCUT2D eigenvalue weighted by molar-refractivity contribution is 0.0815. The van der Waals surface area contributed by atoms with Gasteiger partial charge in [0.1, 0.15) is 38.3 Å². The minimum Gasteiger partial charge on any atom is -0.399 e. The molecular formula is C53H80IN9O4Si4. The van der Waals surface area contributed by atoms with E-state index in [0.717, 1.165) is 118 Å². The van der Waals surface area contributed by atoms with Gasteiger partial charge in [0, 0.05) is 78.8 Å². The number of para-hydroxylation sites is 4. The van der Waals surface area contributed by atoms with Gasteiger partial charge in [-0.2, -0.15) is 10.2 Å². The Balaban J connectivity index is 0.000000229. The lowest BCUT2D eigenvalue weighted by atomic mass is 10.2. The number of nitrogens with zero attached hydrogens (tertiary/aromatic N) is 8. The van der Waals surface area contributed by atoms with Crippen LogP contribution in [0.1, 0.15) is 7.43 Å². The van der Waals surface area contributed by atoms with Gasteiger partial charge in [-0.05, 0) is 107 Å². The van der Waals surface area contributed by atoms with E-state index in [4.69, 9.17) is 44.8 Å². The normalized spacial score (nSPS) is 12.6. The Morgan fingerprint density at radius 1 is 0.465 bits per heavy atom. The second kappa shape index (κ2) is 23.9. The van der Waals surface area contributed by atoms with Crippen molar-refractivity contribution < 1.29 is 18.9 Å². The fraction of sp³-hybridized carbons (Fsp3) is 0.472. The van der Waals surface area contributed by atoms with Gasteiger partial charge in [-0.3, -0.25) is 9.13 Å². The Bertz CT molecular complexity index is 2810. The molecule has 8 aromatic rings. The third-order valence-corrected chi connectivity index (χ3v) is 19.6. The summed E-state index contributed by atoms with van der Waals surface area (Å²) in [6.07, 6.45) is 0. The first-order valence-corrected chi connectivity index (χ1v) is 40.6. The molecule has 4 heterocycles. The van der Waals surface area contributed by atoms with Crippen LogP contribution in [0.5, 0.6) is 0 Å². The SMILES string of the molecule is C.C[Si](C)(C)CCOCn1nc(-c2nc3ccccc3n2COCC[Si](C)(C)C)c2ccc(I)cc21.C[Si](C)(C)CCOCn1nc(-c2nc3ccccc3n2COCC[Si](C)(C)C)c2ccc(N)cc21. The first-order valence-electron chi connectivity index (χ1n) is 24.7. The van der Waals surface area contributed by atoms with Crippen molar-refractivity contribution in [1.29, 1.82) is 0 Å². The molecule has 0 amide bonds. The highest BCUT2D eigenvalue weighted by molar-refractivity contribution is 14.1. The van der Waals surface area contributed by atoms with Gasteiger partial charge in [-0.25, -0.2) is 19.3 Å². The monoisotopic (exact) mass is 1150 g/mol. The average Bonchev–Trinajstić information content (AvgIpc) is 4.03. The Kier molecular flexibility index (Phi) is 19.0. The summed E-state index contributed by atoms with van der Waals surface area (Å²) in [6, 6.07) is 33.3. The number of nitrogen functional groups attached to an aromatic ring is 1. The van der Waals surface area contributed by atoms with Gasteiger partial charge in [-0.1, -0.05) is 110 Å². The summed E-state index contributed by atoms with van der Waals surface area (Å²) in [5.74, 6) is 1.64. The summed E-state index contributed by atoms with van der Waals surface area (Å²) in [7, 11) is -4.62. The quantitative estimate of drug-likeness (QED) is 0.0305. The number of hydrogen-bond acceptors (Lipinski definition) is 9. The number of fused-ring (bicyclic) bond motifs is 4. The molecular weight excluding hydrogens is 1070 g/mol. The van der Waals surface area contributed by atoms with Crippen LogP contribution in [0.25, 0.3) is 66.9 Å². The highest BCUT2D eigenvalue weighted by Gasteiger charge is 2.23. The zero-order valence-electron chi connectivity index (χ0n) is 43.7. The molecule has 0 aliphatic rings. The molecule has 18 heteroatoms. The number of halogens is 1. The number of nitrogens with two attached hydrogens (primary N) is 1. The smallest absolute Gasteiger partial charge is 0.164 e. The van der Waals surface area contributed by atoms with E-state index in [-0.39, 0.29) is 7.43 Å². The number of anilines is 1. The molecule has 0 saturated carbocycles. The van der Waals surface area contributed by atoms with Crippen molar-refractivity contribution in [3.63, 3.8) is 0 Å². The molecule has 0 radical (unpaired) electrons. The Morgan fingerprint density at radius 2 is 0.831 bits per heavy atom. The highest BCUT2D eigenvalue weighted by Crippen LogP contribution is 2.34. The minimum atomic E-state index is -1.17. The first kappa shape index (κ1) is 56.3. The van der Waals surface area contributed by atoms with Crippen molar-refractivity contribution in [3.05, 3.63) is 88.5 Å². The molecule has 384 valence electrons. The Morgan fingerprint density at radius 3 is 1.24 bits per heavy atom. The van der Waals surface area contributed by atoms with Crippen molar-refractivity contribution in [2.75, 3.05) is 32.2 Å². The number of benzene rings is 4. The van der Waals surface area contributed by atoms with Gasteiger partial charge in [0.15, 0.2) is 11.6 Å². The second-order valence-corrected chi connectivity index (χ2v) is 47.0. The summed E-state index contributed by atoms with van der Waals surface area (Å²) in [5, 5.41) is 12.1. The summed E-state index contributed by atoms with van der Waals surface area (Å²) < 4.78 is 33.8. The summed E-state index contributed by atoms with van der Waals surface area (Å²) in [6.45, 7) is 33.1. The number of aromatic nitrogens is 8. The molecule has 0 aliphatic heterocycles. The second-order valence-electron chi connectivity index (χ2n) is 23.2. The zero-order valence-corrected chi connectivity index (χ0v) is 49.9. The molecule has 71 heavy (non-hydrogen) atoms. The molecule has 4 aromatic carbocycles. The molecule has 4 aromatic heterocycles. The molecule has 0 spiro atoms. The lowest BCUT2D eigenvalue weighted by Crippen LogP contribution is -2.22. The third kappa shape index (κ3) is 15.5. The van der Waals surface area contributed by atoms with Crippen LogP contribution in [-0.4, -0.2) is 97.4 Å². The van der Waals surface area contributed by atoms with Crippen LogP contribution in [0.2, 0.25) is 103 Å². The van der Waals surface area contributed by atoms with E-state index < -0.39 is 32.3 Å². The third-order valence-electron chi connectivity index (χ3n) is 12.1. The van der Waals surface area contributed by atoms with Crippen molar-refractivity contribution in [2.45, 2.75) is 137 Å². The molecule has 8 rings (SSSR count). The zero-order chi connectivity index (χ0) is 50.4. The molecule has 13 nitrogen and oxygen atoms in total. The maximum absolute atomic E-state index is 6.17. The van der Waals surface area contributed by atoms with Crippen LogP contribution in [0, 0.1) is 3.57 Å². The van der Waals surface area contributed by atoms with Gasteiger partial charge in [0.25, 0.3) is 0 Å². The van der Waals surface area contributed by atoms with Gasteiger partial charge in [0.05, 0.1) is 33.1 Å². The van der Waals surface area contributed by atoms with Crippen LogP contribution in [0.15, 0.2) is 84.9 Å². The van der Waals surface area contributed by atoms with Crippen LogP contribution in [-0.2, 0) is 45.9 Å². The van der Waals surface area contributed by atoms with Crippen molar-refractivity contribution in [3.8, 4) is 23.0 Å². The van der Waals surface area contributed by atoms with E-state index in [1.165, 1.54) is 3.57 Å². The van der Waals surface area contributed by atoms with E-state index in [2.05, 4.69) is 153 Å². The Labute approximate surface area is 440 Å². The van der Waals surface area contributed by atoms with Crippen molar-refractivity contribution in [1.82, 2.24) is 38.7 Å². The molecule has 0 aliphatic carbocycles. The van der Waals surface area contributed by atoms with Crippen molar-refractivity contribution >= 4 is 104 Å². The van der Waals surface area contributed by atoms with Crippen LogP contribution in [0.4, 0.5) is 5.69 Å². The van der Waals surface area contributed by atoms with E-state index in [0.29, 0.717) is 32.6 Å². The molecule has 0 atom stereocenters. The predicted octanol–water partition coefficient (Wildman–Crippen LogP) is 14.2. The summed E-state index contributed by atoms with van der Waals surface area (Å²) in [5.41, 5.74) is 14.5. The van der Waals surface area contributed by atoms with Gasteiger partial charge >= 0.3 is 0 Å². The number of hydrogen-bond donors (Lipinski definition) is 1. The Hall–Kier alpha value is -4.00. The lowest BCUT2D eigenvalue weighted by Gasteiger charge is -2.16. The fourth-order valence-corrected chi connectivity index (χ4v) is 11.3. The first-order chi connectivity index (χ1) is 33.0. The summed E-state index contributed by atoms with van der Waals surface area (Å²) in [4.78, 5) is 9.98. The van der Waals surface area contributed by atoms with Crippen LogP contribution < -0.4 is 5.73 Å². The molecule has 0 unspecified atom stereocenters. The average molecular weight is 1150 g/mol. The molecule has 2 N–H and O–H groups in total. The molecule has 0 saturated heterocycles. The van der Waals surface area contributed by atoms with E-state index in [1.54, 1.807) is 0 Å². The van der Waals surface area contributed by atoms with Crippen LogP contribution in [0.3, 0.4) is 0 Å². The standard InChI is InChI=1S/C26H37IN4O2Si2.C26H39N5O2Si2.CH4/c2*1-34(2,3)15-13-32-18-30-23-10-8-7-9-22(23)28-26(30)25-21-12-11-20(27)17-24(21)31(29-25)19-33-14-16-35(4,5)6;/h7-12,17H,13-16,18-19H2,1-6H3;7-12,17H,13-16,18-19,27H2,1-6H3;1H4. The topological polar surface area (TPSA) is 134 Å². The largest absolute Gasteiger partial charge is 0.399 e. The number of imidazole rings is 2. The van der Waals surface area contributed by atoms with Gasteiger partial charge < -0.3 is 24.7 Å². The predicted molar refractivity (Wildman–Crippen MR) is 317 cm³/mol. The van der Waals surface area contributed by atoms with Crippen molar-refractivity contribution in [2.24, 2.45) is 0 Å². The number of rotatable bonds is 22. The molecule has 0 bridgehead atoms. The minimum absolute atomic E-state index is 0. The van der Waals surface area contributed by atoms with Gasteiger partial charge in [0.2, 0.25) is 0 Å². The van der Waals surface area contributed by atoms with E-state index >= 15 is 0 Å².